The van der Waals surface area contributed by atoms with Gasteiger partial charge in [0.1, 0.15) is 5.75 Å². The number of nitrogens with zero attached hydrogens (tertiary/aromatic N) is 1. The number of methoxy groups -OCH3 is 1. The molecule has 21 heavy (non-hydrogen) atoms. The fraction of sp³-hybridized carbons (Fsp3) is 0.333. The van der Waals surface area contributed by atoms with Gasteiger partial charge < -0.3 is 15.4 Å². The summed E-state index contributed by atoms with van der Waals surface area (Å²) in [5.41, 5.74) is 10.8. The predicted molar refractivity (Wildman–Crippen MR) is 89.6 cm³/mol. The molecule has 2 aromatic rings. The Morgan fingerprint density at radius 3 is 2.33 bits per heavy atom. The highest BCUT2D eigenvalue weighted by Gasteiger charge is 2.08. The first-order chi connectivity index (χ1) is 10.0. The number of rotatable bonds is 5. The van der Waals surface area contributed by atoms with Crippen molar-refractivity contribution in [2.75, 3.05) is 19.1 Å². The van der Waals surface area contributed by atoms with Gasteiger partial charge in [-0.2, -0.15) is 0 Å². The Bertz CT molecular complexity index is 591. The molecule has 2 N–H and O–H groups in total. The minimum absolute atomic E-state index is 0.189. The van der Waals surface area contributed by atoms with Crippen molar-refractivity contribution < 1.29 is 4.74 Å². The minimum atomic E-state index is 0.189. The van der Waals surface area contributed by atoms with Gasteiger partial charge in [0.15, 0.2) is 0 Å². The second kappa shape index (κ2) is 6.64. The van der Waals surface area contributed by atoms with Crippen LogP contribution in [0.3, 0.4) is 0 Å². The second-order valence-electron chi connectivity index (χ2n) is 5.56. The van der Waals surface area contributed by atoms with Crippen LogP contribution in [0.5, 0.6) is 5.75 Å². The second-order valence-corrected chi connectivity index (χ2v) is 5.56. The first kappa shape index (κ1) is 15.4. The van der Waals surface area contributed by atoms with Crippen LogP contribution in [0.15, 0.2) is 42.5 Å². The minimum Gasteiger partial charge on any atom is -0.497 e. The first-order valence-electron chi connectivity index (χ1n) is 7.24. The fourth-order valence-electron chi connectivity index (χ4n) is 2.54. The molecule has 0 aromatic heterocycles. The smallest absolute Gasteiger partial charge is 0.119 e. The summed E-state index contributed by atoms with van der Waals surface area (Å²) in [5, 5.41) is 0. The van der Waals surface area contributed by atoms with E-state index >= 15 is 0 Å². The zero-order valence-electron chi connectivity index (χ0n) is 13.3. The number of ether oxygens (including phenoxy) is 1. The Morgan fingerprint density at radius 1 is 1.14 bits per heavy atom. The van der Waals surface area contributed by atoms with E-state index in [0.29, 0.717) is 0 Å². The summed E-state index contributed by atoms with van der Waals surface area (Å²) in [7, 11) is 3.76. The molecule has 3 heteroatoms. The van der Waals surface area contributed by atoms with E-state index < -0.39 is 0 Å². The van der Waals surface area contributed by atoms with Crippen molar-refractivity contribution in [2.24, 2.45) is 5.73 Å². The molecule has 112 valence electrons. The predicted octanol–water partition coefficient (Wildman–Crippen LogP) is 3.66. The molecule has 0 heterocycles. The Labute approximate surface area is 127 Å². The third-order valence-corrected chi connectivity index (χ3v) is 3.64. The van der Waals surface area contributed by atoms with Gasteiger partial charge >= 0.3 is 0 Å². The largest absolute Gasteiger partial charge is 0.497 e. The van der Waals surface area contributed by atoms with E-state index in [1.165, 1.54) is 16.8 Å². The normalized spacial score (nSPS) is 12.0. The highest BCUT2D eigenvalue weighted by Crippen LogP contribution is 2.28. The number of nitrogens with two attached hydrogens (primary N) is 1. The van der Waals surface area contributed by atoms with Gasteiger partial charge in [0.2, 0.25) is 0 Å². The quantitative estimate of drug-likeness (QED) is 0.910. The van der Waals surface area contributed by atoms with E-state index in [1.807, 2.05) is 19.1 Å². The summed E-state index contributed by atoms with van der Waals surface area (Å²) in [6.45, 7) is 4.17. The Balaban J connectivity index is 2.23. The molecule has 0 aliphatic rings. The van der Waals surface area contributed by atoms with Crippen molar-refractivity contribution in [1.29, 1.82) is 0 Å². The third kappa shape index (κ3) is 3.76. The number of hydrogen-bond donors (Lipinski definition) is 1. The van der Waals surface area contributed by atoms with E-state index in [9.17, 15) is 0 Å². The van der Waals surface area contributed by atoms with Crippen molar-refractivity contribution in [2.45, 2.75) is 26.3 Å². The van der Waals surface area contributed by atoms with Crippen LogP contribution in [0.4, 0.5) is 11.4 Å². The monoisotopic (exact) mass is 284 g/mol. The molecule has 0 radical (unpaired) electrons. The molecule has 0 aliphatic carbocycles. The average Bonchev–Trinajstić information content (AvgIpc) is 2.46. The number of hydrogen-bond acceptors (Lipinski definition) is 3. The molecule has 2 aromatic carbocycles. The van der Waals surface area contributed by atoms with E-state index in [2.05, 4.69) is 49.2 Å². The Hall–Kier alpha value is -2.00. The van der Waals surface area contributed by atoms with E-state index in [4.69, 9.17) is 10.5 Å². The van der Waals surface area contributed by atoms with Crippen molar-refractivity contribution in [3.05, 3.63) is 53.6 Å². The van der Waals surface area contributed by atoms with E-state index in [0.717, 1.165) is 17.9 Å². The molecule has 0 fully saturated rings. The van der Waals surface area contributed by atoms with Crippen LogP contribution in [-0.4, -0.2) is 20.2 Å². The summed E-state index contributed by atoms with van der Waals surface area (Å²) < 4.78 is 5.20. The van der Waals surface area contributed by atoms with Crippen LogP contribution < -0.4 is 15.4 Å². The molecule has 0 bridgehead atoms. The topological polar surface area (TPSA) is 38.5 Å². The van der Waals surface area contributed by atoms with Crippen LogP contribution in [-0.2, 0) is 6.42 Å². The molecule has 0 aliphatic heterocycles. The van der Waals surface area contributed by atoms with Gasteiger partial charge in [-0.25, -0.2) is 0 Å². The summed E-state index contributed by atoms with van der Waals surface area (Å²) in [5.74, 6) is 0.871. The third-order valence-electron chi connectivity index (χ3n) is 3.64. The number of aryl methyl sites for hydroxylation is 1. The van der Waals surface area contributed by atoms with E-state index in [1.54, 1.807) is 7.11 Å². The van der Waals surface area contributed by atoms with Gasteiger partial charge in [-0.15, -0.1) is 0 Å². The molecule has 0 spiro atoms. The summed E-state index contributed by atoms with van der Waals surface area (Å²) in [6, 6.07) is 14.8. The number of anilines is 2. The van der Waals surface area contributed by atoms with Crippen LogP contribution >= 0.6 is 0 Å². The summed E-state index contributed by atoms with van der Waals surface area (Å²) >= 11 is 0. The molecular weight excluding hydrogens is 260 g/mol. The van der Waals surface area contributed by atoms with Crippen LogP contribution in [0.2, 0.25) is 0 Å². The summed E-state index contributed by atoms with van der Waals surface area (Å²) in [4.78, 5) is 2.18. The van der Waals surface area contributed by atoms with Gasteiger partial charge in [-0.1, -0.05) is 12.1 Å². The van der Waals surface area contributed by atoms with Crippen molar-refractivity contribution in [3.8, 4) is 5.75 Å². The molecule has 1 unspecified atom stereocenters. The lowest BCUT2D eigenvalue weighted by molar-refractivity contribution is 0.415. The highest BCUT2D eigenvalue weighted by molar-refractivity contribution is 5.66. The SMILES string of the molecule is COc1ccc(N(C)c2ccc(CC(C)N)cc2C)cc1. The highest BCUT2D eigenvalue weighted by atomic mass is 16.5. The molecule has 0 amide bonds. The van der Waals surface area contributed by atoms with E-state index in [-0.39, 0.29) is 6.04 Å². The number of benzene rings is 2. The van der Waals surface area contributed by atoms with Gasteiger partial charge in [0.25, 0.3) is 0 Å². The zero-order chi connectivity index (χ0) is 15.4. The van der Waals surface area contributed by atoms with Crippen molar-refractivity contribution in [1.82, 2.24) is 0 Å². The van der Waals surface area contributed by atoms with Gasteiger partial charge in [-0.05, 0) is 61.7 Å². The standard InChI is InChI=1S/C18H24N2O/c1-13-11-15(12-14(2)19)5-10-18(13)20(3)16-6-8-17(21-4)9-7-16/h5-11,14H,12,19H2,1-4H3. The van der Waals surface area contributed by atoms with Crippen LogP contribution in [0.25, 0.3) is 0 Å². The van der Waals surface area contributed by atoms with Gasteiger partial charge in [0, 0.05) is 24.5 Å². The van der Waals surface area contributed by atoms with Gasteiger partial charge in [-0.3, -0.25) is 0 Å². The maximum atomic E-state index is 5.87. The molecule has 0 saturated carbocycles. The zero-order valence-corrected chi connectivity index (χ0v) is 13.3. The molecule has 1 atom stereocenters. The van der Waals surface area contributed by atoms with Crippen LogP contribution in [0, 0.1) is 6.92 Å². The average molecular weight is 284 g/mol. The Morgan fingerprint density at radius 2 is 1.81 bits per heavy atom. The lowest BCUT2D eigenvalue weighted by Gasteiger charge is -2.22. The molecule has 2 rings (SSSR count). The lowest BCUT2D eigenvalue weighted by atomic mass is 10.0. The lowest BCUT2D eigenvalue weighted by Crippen LogP contribution is -2.18. The van der Waals surface area contributed by atoms with Crippen LogP contribution in [0.1, 0.15) is 18.1 Å². The molecule has 0 saturated heterocycles. The fourth-order valence-corrected chi connectivity index (χ4v) is 2.54. The molecule has 3 nitrogen and oxygen atoms in total. The van der Waals surface area contributed by atoms with Crippen molar-refractivity contribution >= 4 is 11.4 Å². The first-order valence-corrected chi connectivity index (χ1v) is 7.24. The van der Waals surface area contributed by atoms with Gasteiger partial charge in [0.05, 0.1) is 7.11 Å². The molecular formula is C18H24N2O. The maximum Gasteiger partial charge on any atom is 0.119 e. The maximum absolute atomic E-state index is 5.87. The van der Waals surface area contributed by atoms with Crippen molar-refractivity contribution in [3.63, 3.8) is 0 Å². The Kier molecular flexibility index (Phi) is 4.86. The summed E-state index contributed by atoms with van der Waals surface area (Å²) in [6.07, 6.45) is 0.910.